The molecule has 0 aliphatic carbocycles. The molecule has 1 aromatic rings. The van der Waals surface area contributed by atoms with E-state index < -0.39 is 34.1 Å². The number of rotatable bonds is 6. The van der Waals surface area contributed by atoms with Gasteiger partial charge < -0.3 is 5.11 Å². The van der Waals surface area contributed by atoms with Gasteiger partial charge in [0.05, 0.1) is 23.8 Å². The molecule has 8 nitrogen and oxygen atoms in total. The summed E-state index contributed by atoms with van der Waals surface area (Å²) in [4.78, 5) is 37.0. The summed E-state index contributed by atoms with van der Waals surface area (Å²) in [6, 6.07) is 8.78. The quantitative estimate of drug-likeness (QED) is 0.723. The molecule has 2 aliphatic rings. The maximum atomic E-state index is 12.8. The minimum absolute atomic E-state index is 0.0546. The number of carboxylic acids is 1. The molecule has 2 fully saturated rings. The third kappa shape index (κ3) is 4.19. The van der Waals surface area contributed by atoms with Crippen LogP contribution in [0.3, 0.4) is 0 Å². The highest BCUT2D eigenvalue weighted by molar-refractivity contribution is 7.89. The van der Waals surface area contributed by atoms with E-state index >= 15 is 0 Å². The molecule has 2 saturated heterocycles. The first-order valence-corrected chi connectivity index (χ1v) is 10.5. The third-order valence-electron chi connectivity index (χ3n) is 5.23. The second-order valence-electron chi connectivity index (χ2n) is 6.91. The second kappa shape index (κ2) is 7.77. The fourth-order valence-corrected chi connectivity index (χ4v) is 5.23. The Morgan fingerprint density at radius 1 is 1.11 bits per heavy atom. The summed E-state index contributed by atoms with van der Waals surface area (Å²) in [6.07, 6.45) is 0.686. The molecule has 1 N–H and O–H groups in total. The van der Waals surface area contributed by atoms with Crippen molar-refractivity contribution in [2.45, 2.75) is 25.7 Å². The summed E-state index contributed by atoms with van der Waals surface area (Å²) >= 11 is 0. The monoisotopic (exact) mass is 394 g/mol. The van der Waals surface area contributed by atoms with E-state index in [0.29, 0.717) is 18.5 Å². The zero-order chi connectivity index (χ0) is 19.6. The number of imide groups is 1. The van der Waals surface area contributed by atoms with Crippen LogP contribution in [0.2, 0.25) is 0 Å². The van der Waals surface area contributed by atoms with Gasteiger partial charge in [-0.1, -0.05) is 18.2 Å². The first kappa shape index (κ1) is 19.5. The van der Waals surface area contributed by atoms with Crippen LogP contribution in [0, 0.1) is 11.8 Å². The number of nitrogens with zero attached hydrogens (tertiary/aromatic N) is 2. The lowest BCUT2D eigenvalue weighted by atomic mass is 9.84. The molecule has 0 saturated carbocycles. The average molecular weight is 394 g/mol. The molecule has 146 valence electrons. The van der Waals surface area contributed by atoms with Crippen molar-refractivity contribution in [2.24, 2.45) is 11.8 Å². The molecule has 3 rings (SSSR count). The summed E-state index contributed by atoms with van der Waals surface area (Å²) in [5.41, 5.74) is 0.559. The first-order valence-electron chi connectivity index (χ1n) is 8.91. The predicted octanol–water partition coefficient (Wildman–Crippen LogP) is 1.08. The fourth-order valence-electron chi connectivity index (χ4n) is 3.77. The Balaban J connectivity index is 1.62. The number of carbonyl (C=O) groups excluding carboxylic acids is 2. The number of sulfonamides is 1. The van der Waals surface area contributed by atoms with Crippen molar-refractivity contribution >= 4 is 33.5 Å². The number of para-hydroxylation sites is 1. The van der Waals surface area contributed by atoms with Crippen molar-refractivity contribution in [3.05, 3.63) is 30.3 Å². The van der Waals surface area contributed by atoms with Gasteiger partial charge in [0.1, 0.15) is 0 Å². The Kier molecular flexibility index (Phi) is 5.61. The second-order valence-corrected chi connectivity index (χ2v) is 9.00. The Bertz CT molecular complexity index is 831. The Labute approximate surface area is 157 Å². The van der Waals surface area contributed by atoms with Crippen LogP contribution in [0.15, 0.2) is 30.3 Å². The van der Waals surface area contributed by atoms with E-state index in [0.717, 1.165) is 0 Å². The molecule has 0 bridgehead atoms. The smallest absolute Gasteiger partial charge is 0.304 e. The number of piperidine rings is 1. The van der Waals surface area contributed by atoms with E-state index in [1.54, 1.807) is 24.3 Å². The molecular weight excluding hydrogens is 372 g/mol. The summed E-state index contributed by atoms with van der Waals surface area (Å²) in [7, 11) is -3.61. The van der Waals surface area contributed by atoms with Crippen molar-refractivity contribution < 1.29 is 27.9 Å². The van der Waals surface area contributed by atoms with Crippen LogP contribution in [-0.4, -0.2) is 54.5 Å². The van der Waals surface area contributed by atoms with Crippen molar-refractivity contribution in [3.63, 3.8) is 0 Å². The largest absolute Gasteiger partial charge is 0.481 e. The van der Waals surface area contributed by atoms with E-state index in [4.69, 9.17) is 5.11 Å². The summed E-state index contributed by atoms with van der Waals surface area (Å²) in [5.74, 6) is -2.51. The van der Waals surface area contributed by atoms with Crippen molar-refractivity contribution in [1.82, 2.24) is 4.31 Å². The highest BCUT2D eigenvalue weighted by atomic mass is 32.2. The highest BCUT2D eigenvalue weighted by Gasteiger charge is 2.44. The van der Waals surface area contributed by atoms with Gasteiger partial charge >= 0.3 is 5.97 Å². The average Bonchev–Trinajstić information content (AvgIpc) is 2.95. The lowest BCUT2D eigenvalue weighted by Crippen LogP contribution is -2.42. The van der Waals surface area contributed by atoms with E-state index in [1.807, 2.05) is 6.07 Å². The molecule has 27 heavy (non-hydrogen) atoms. The van der Waals surface area contributed by atoms with Gasteiger partial charge in [-0.05, 0) is 30.9 Å². The van der Waals surface area contributed by atoms with E-state index in [-0.39, 0.29) is 37.2 Å². The standard InChI is InChI=1S/C18H22N2O6S/c21-16-12-15(18(24)20(16)14-4-2-1-3-5-14)13-6-9-19(10-7-13)27(25,26)11-8-17(22)23/h1-5,13,15H,6-12H2,(H,22,23). The van der Waals surface area contributed by atoms with Crippen LogP contribution in [0.25, 0.3) is 0 Å². The van der Waals surface area contributed by atoms with Crippen LogP contribution >= 0.6 is 0 Å². The molecule has 9 heteroatoms. The number of carbonyl (C=O) groups is 3. The molecule has 1 unspecified atom stereocenters. The van der Waals surface area contributed by atoms with E-state index in [9.17, 15) is 22.8 Å². The minimum Gasteiger partial charge on any atom is -0.481 e. The number of anilines is 1. The molecule has 0 radical (unpaired) electrons. The molecular formula is C18H22N2O6S. The van der Waals surface area contributed by atoms with E-state index in [2.05, 4.69) is 0 Å². The van der Waals surface area contributed by atoms with Crippen LogP contribution in [0.4, 0.5) is 5.69 Å². The summed E-state index contributed by atoms with van der Waals surface area (Å²) in [5, 5.41) is 8.68. The summed E-state index contributed by atoms with van der Waals surface area (Å²) < 4.78 is 25.7. The number of benzene rings is 1. The molecule has 2 heterocycles. The fraction of sp³-hybridized carbons (Fsp3) is 0.500. The van der Waals surface area contributed by atoms with Crippen LogP contribution < -0.4 is 4.90 Å². The normalized spacial score (nSPS) is 22.4. The maximum Gasteiger partial charge on any atom is 0.304 e. The van der Waals surface area contributed by atoms with Gasteiger partial charge in [-0.2, -0.15) is 0 Å². The van der Waals surface area contributed by atoms with Gasteiger partial charge in [0.25, 0.3) is 0 Å². The zero-order valence-electron chi connectivity index (χ0n) is 14.8. The van der Waals surface area contributed by atoms with Gasteiger partial charge in [0.15, 0.2) is 0 Å². The Hall–Kier alpha value is -2.26. The number of carboxylic acid groups (broad SMARTS) is 1. The molecule has 2 amide bonds. The molecule has 0 aromatic heterocycles. The van der Waals surface area contributed by atoms with Gasteiger partial charge in [-0.25, -0.2) is 12.7 Å². The van der Waals surface area contributed by atoms with Crippen LogP contribution in [0.5, 0.6) is 0 Å². The third-order valence-corrected chi connectivity index (χ3v) is 7.10. The summed E-state index contributed by atoms with van der Waals surface area (Å²) in [6.45, 7) is 0.492. The number of aliphatic carboxylic acids is 1. The zero-order valence-corrected chi connectivity index (χ0v) is 15.6. The van der Waals surface area contributed by atoms with Gasteiger partial charge in [0.2, 0.25) is 21.8 Å². The Morgan fingerprint density at radius 2 is 1.74 bits per heavy atom. The lowest BCUT2D eigenvalue weighted by Gasteiger charge is -2.33. The van der Waals surface area contributed by atoms with Gasteiger partial charge in [-0.3, -0.25) is 19.3 Å². The molecule has 1 aromatic carbocycles. The number of amides is 2. The van der Waals surface area contributed by atoms with Crippen LogP contribution in [0.1, 0.15) is 25.7 Å². The van der Waals surface area contributed by atoms with E-state index in [1.165, 1.54) is 9.21 Å². The van der Waals surface area contributed by atoms with Crippen molar-refractivity contribution in [2.75, 3.05) is 23.7 Å². The van der Waals surface area contributed by atoms with Crippen molar-refractivity contribution in [1.29, 1.82) is 0 Å². The Morgan fingerprint density at radius 3 is 2.33 bits per heavy atom. The van der Waals surface area contributed by atoms with Crippen LogP contribution in [-0.2, 0) is 24.4 Å². The van der Waals surface area contributed by atoms with Gasteiger partial charge in [-0.15, -0.1) is 0 Å². The topological polar surface area (TPSA) is 112 Å². The number of hydrogen-bond donors (Lipinski definition) is 1. The highest BCUT2D eigenvalue weighted by Crippen LogP contribution is 2.36. The van der Waals surface area contributed by atoms with Crippen molar-refractivity contribution in [3.8, 4) is 0 Å². The number of hydrogen-bond acceptors (Lipinski definition) is 5. The molecule has 2 aliphatic heterocycles. The lowest BCUT2D eigenvalue weighted by molar-refractivity contribution is -0.136. The van der Waals surface area contributed by atoms with Gasteiger partial charge in [0, 0.05) is 19.5 Å². The maximum absolute atomic E-state index is 12.8. The first-order chi connectivity index (χ1) is 12.8. The molecule has 1 atom stereocenters. The molecule has 0 spiro atoms. The SMILES string of the molecule is O=C(O)CCS(=O)(=O)N1CCC(C2CC(=O)N(c3ccccc3)C2=O)CC1. The predicted molar refractivity (Wildman–Crippen MR) is 97.4 cm³/mol. The minimum atomic E-state index is -3.61.